The number of amides is 1. The maximum Gasteiger partial charge on any atom is 0.258 e. The largest absolute Gasteiger partial charge is 0.495 e. The third-order valence-electron chi connectivity index (χ3n) is 6.51. The average Bonchev–Trinajstić information content (AvgIpc) is 2.83. The molecule has 2 aliphatic rings. The van der Waals surface area contributed by atoms with E-state index in [1.54, 1.807) is 43.3 Å². The molecule has 1 aliphatic heterocycles. The van der Waals surface area contributed by atoms with Gasteiger partial charge >= 0.3 is 0 Å². The van der Waals surface area contributed by atoms with Crippen molar-refractivity contribution in [1.82, 2.24) is 4.31 Å². The minimum atomic E-state index is -3.58. The Bertz CT molecular complexity index is 1030. The molecule has 0 spiro atoms. The van der Waals surface area contributed by atoms with E-state index in [-0.39, 0.29) is 16.8 Å². The van der Waals surface area contributed by atoms with Crippen molar-refractivity contribution in [1.29, 1.82) is 0 Å². The van der Waals surface area contributed by atoms with E-state index in [1.807, 2.05) is 18.2 Å². The fourth-order valence-corrected chi connectivity index (χ4v) is 6.13. The molecule has 1 aliphatic carbocycles. The van der Waals surface area contributed by atoms with E-state index >= 15 is 0 Å². The van der Waals surface area contributed by atoms with Crippen LogP contribution in [0, 0.1) is 0 Å². The Morgan fingerprint density at radius 1 is 1.03 bits per heavy atom. The van der Waals surface area contributed by atoms with Crippen molar-refractivity contribution < 1.29 is 17.9 Å². The topological polar surface area (TPSA) is 66.9 Å². The summed E-state index contributed by atoms with van der Waals surface area (Å²) in [4.78, 5) is 15.3. The summed E-state index contributed by atoms with van der Waals surface area (Å²) < 4.78 is 33.2. The molecule has 4 rings (SSSR count). The van der Waals surface area contributed by atoms with E-state index in [2.05, 4.69) is 0 Å². The van der Waals surface area contributed by atoms with Crippen LogP contribution in [0.2, 0.25) is 0 Å². The zero-order valence-corrected chi connectivity index (χ0v) is 19.0. The Labute approximate surface area is 184 Å². The fraction of sp³-hybridized carbons (Fsp3) is 0.458. The zero-order valence-electron chi connectivity index (χ0n) is 18.2. The second-order valence-corrected chi connectivity index (χ2v) is 10.4. The van der Waals surface area contributed by atoms with Crippen molar-refractivity contribution >= 4 is 21.6 Å². The number of anilines is 1. The van der Waals surface area contributed by atoms with Crippen LogP contribution in [0.15, 0.2) is 47.4 Å². The highest BCUT2D eigenvalue weighted by Gasteiger charge is 2.30. The number of carbonyl (C=O) groups is 1. The Hall–Kier alpha value is -2.38. The van der Waals surface area contributed by atoms with Crippen molar-refractivity contribution in [2.24, 2.45) is 0 Å². The van der Waals surface area contributed by atoms with Crippen molar-refractivity contribution in [3.63, 3.8) is 0 Å². The summed E-state index contributed by atoms with van der Waals surface area (Å²) in [7, 11) is -0.302. The number of nitrogens with zero attached hydrogens (tertiary/aromatic N) is 2. The minimum absolute atomic E-state index is 0.0531. The third-order valence-corrected chi connectivity index (χ3v) is 8.44. The van der Waals surface area contributed by atoms with Crippen LogP contribution in [0.1, 0.15) is 54.4 Å². The van der Waals surface area contributed by atoms with Gasteiger partial charge in [-0.15, -0.1) is 0 Å². The van der Waals surface area contributed by atoms with Crippen LogP contribution in [0.3, 0.4) is 0 Å². The number of benzene rings is 2. The predicted molar refractivity (Wildman–Crippen MR) is 121 cm³/mol. The molecule has 6 nitrogen and oxygen atoms in total. The van der Waals surface area contributed by atoms with Gasteiger partial charge in [-0.3, -0.25) is 4.79 Å². The van der Waals surface area contributed by atoms with E-state index in [9.17, 15) is 13.2 Å². The lowest BCUT2D eigenvalue weighted by Crippen LogP contribution is -2.38. The Morgan fingerprint density at radius 2 is 1.74 bits per heavy atom. The van der Waals surface area contributed by atoms with Crippen LogP contribution in [-0.2, 0) is 16.4 Å². The lowest BCUT2D eigenvalue weighted by molar-refractivity contribution is 0.0984. The SMILES string of the molecule is COc1cccc2c1N(C(=O)c1ccc(S(=O)(=O)N(C)C3CCCCC3)cc1)CCC2. The van der Waals surface area contributed by atoms with E-state index < -0.39 is 10.0 Å². The van der Waals surface area contributed by atoms with E-state index in [0.29, 0.717) is 17.9 Å². The predicted octanol–water partition coefficient (Wildman–Crippen LogP) is 4.24. The lowest BCUT2D eigenvalue weighted by Gasteiger charge is -2.31. The van der Waals surface area contributed by atoms with Crippen LogP contribution < -0.4 is 9.64 Å². The first-order valence-electron chi connectivity index (χ1n) is 11.0. The van der Waals surface area contributed by atoms with Gasteiger partial charge in [-0.2, -0.15) is 4.31 Å². The molecule has 0 radical (unpaired) electrons. The van der Waals surface area contributed by atoms with Gasteiger partial charge in [-0.1, -0.05) is 31.4 Å². The van der Waals surface area contributed by atoms with Crippen molar-refractivity contribution in [2.75, 3.05) is 25.6 Å². The van der Waals surface area contributed by atoms with Gasteiger partial charge in [-0.05, 0) is 61.6 Å². The number of methoxy groups -OCH3 is 1. The van der Waals surface area contributed by atoms with Gasteiger partial charge in [0.05, 0.1) is 17.7 Å². The number of ether oxygens (including phenoxy) is 1. The van der Waals surface area contributed by atoms with Crippen LogP contribution in [-0.4, -0.2) is 45.4 Å². The van der Waals surface area contributed by atoms with Gasteiger partial charge in [-0.25, -0.2) is 8.42 Å². The second-order valence-electron chi connectivity index (χ2n) is 8.37. The highest BCUT2D eigenvalue weighted by atomic mass is 32.2. The Balaban J connectivity index is 1.57. The molecule has 2 aromatic rings. The van der Waals surface area contributed by atoms with E-state index in [1.165, 1.54) is 10.7 Å². The first-order valence-corrected chi connectivity index (χ1v) is 12.4. The maximum atomic E-state index is 13.3. The van der Waals surface area contributed by atoms with Crippen molar-refractivity contribution in [2.45, 2.75) is 55.9 Å². The molecule has 0 saturated heterocycles. The number of aryl methyl sites for hydroxylation is 1. The van der Waals surface area contributed by atoms with Gasteiger partial charge < -0.3 is 9.64 Å². The van der Waals surface area contributed by atoms with Crippen LogP contribution >= 0.6 is 0 Å². The molecule has 0 unspecified atom stereocenters. The maximum absolute atomic E-state index is 13.3. The Kier molecular flexibility index (Phi) is 6.34. The van der Waals surface area contributed by atoms with E-state index in [0.717, 1.165) is 49.8 Å². The molecule has 1 saturated carbocycles. The standard InChI is InChI=1S/C24H30N2O4S/c1-25(20-10-4-3-5-11-20)31(28,29)21-15-13-19(14-16-21)24(27)26-17-7-9-18-8-6-12-22(30-2)23(18)26/h6,8,12-16,20H,3-5,7,9-11,17H2,1-2H3. The van der Waals surface area contributed by atoms with Crippen LogP contribution in [0.25, 0.3) is 0 Å². The molecule has 2 aromatic carbocycles. The van der Waals surface area contributed by atoms with Gasteiger partial charge in [0.1, 0.15) is 5.75 Å². The van der Waals surface area contributed by atoms with Gasteiger partial charge in [0.15, 0.2) is 0 Å². The molecule has 1 fully saturated rings. The molecule has 166 valence electrons. The molecular formula is C24H30N2O4S. The van der Waals surface area contributed by atoms with Crippen molar-refractivity contribution in [3.05, 3.63) is 53.6 Å². The number of hydrogen-bond donors (Lipinski definition) is 0. The average molecular weight is 443 g/mol. The molecule has 1 amide bonds. The van der Waals surface area contributed by atoms with Crippen LogP contribution in [0.5, 0.6) is 5.75 Å². The van der Waals surface area contributed by atoms with Gasteiger partial charge in [0.2, 0.25) is 10.0 Å². The summed E-state index contributed by atoms with van der Waals surface area (Å²) in [6.07, 6.45) is 6.90. The summed E-state index contributed by atoms with van der Waals surface area (Å²) in [5.41, 5.74) is 2.38. The van der Waals surface area contributed by atoms with Gasteiger partial charge in [0.25, 0.3) is 5.91 Å². The molecular weight excluding hydrogens is 412 g/mol. The van der Waals surface area contributed by atoms with Gasteiger partial charge in [0, 0.05) is 25.2 Å². The number of hydrogen-bond acceptors (Lipinski definition) is 4. The highest BCUT2D eigenvalue weighted by Crippen LogP contribution is 2.37. The highest BCUT2D eigenvalue weighted by molar-refractivity contribution is 7.89. The third kappa shape index (κ3) is 4.21. The summed E-state index contributed by atoms with van der Waals surface area (Å²) in [6, 6.07) is 12.2. The molecule has 0 bridgehead atoms. The summed E-state index contributed by atoms with van der Waals surface area (Å²) in [5, 5.41) is 0. The number of rotatable bonds is 5. The molecule has 0 N–H and O–H groups in total. The summed E-state index contributed by atoms with van der Waals surface area (Å²) >= 11 is 0. The molecule has 0 atom stereocenters. The first-order chi connectivity index (χ1) is 14.9. The molecule has 7 heteroatoms. The summed E-state index contributed by atoms with van der Waals surface area (Å²) in [6.45, 7) is 0.608. The smallest absolute Gasteiger partial charge is 0.258 e. The lowest BCUT2D eigenvalue weighted by atomic mass is 9.96. The molecule has 1 heterocycles. The quantitative estimate of drug-likeness (QED) is 0.695. The van der Waals surface area contributed by atoms with E-state index in [4.69, 9.17) is 4.74 Å². The van der Waals surface area contributed by atoms with Crippen molar-refractivity contribution in [3.8, 4) is 5.75 Å². The zero-order chi connectivity index (χ0) is 22.0. The summed E-state index contributed by atoms with van der Waals surface area (Å²) in [5.74, 6) is 0.536. The minimum Gasteiger partial charge on any atom is -0.495 e. The molecule has 31 heavy (non-hydrogen) atoms. The fourth-order valence-electron chi connectivity index (χ4n) is 4.72. The normalized spacial score (nSPS) is 17.5. The Morgan fingerprint density at radius 3 is 2.42 bits per heavy atom. The number of fused-ring (bicyclic) bond motifs is 1. The molecule has 0 aromatic heterocycles. The number of carbonyl (C=O) groups excluding carboxylic acids is 1. The van der Waals surface area contributed by atoms with Crippen LogP contribution in [0.4, 0.5) is 5.69 Å². The number of para-hydroxylation sites is 1. The second kappa shape index (κ2) is 9.01. The first kappa shape index (κ1) is 21.8. The number of sulfonamides is 1. The monoisotopic (exact) mass is 442 g/mol.